The van der Waals surface area contributed by atoms with E-state index in [9.17, 15) is 4.39 Å². The van der Waals surface area contributed by atoms with Gasteiger partial charge >= 0.3 is 0 Å². The molecular formula is C15H10Cl2FN3. The second-order valence-electron chi connectivity index (χ2n) is 4.47. The minimum absolute atomic E-state index is 0.326. The third kappa shape index (κ3) is 3.06. The zero-order valence-electron chi connectivity index (χ0n) is 10.8. The molecule has 1 aromatic heterocycles. The number of fused-ring (bicyclic) bond motifs is 1. The number of halogens is 3. The molecule has 0 spiro atoms. The number of hydrogen-bond acceptors (Lipinski definition) is 3. The van der Waals surface area contributed by atoms with Gasteiger partial charge in [0, 0.05) is 28.0 Å². The molecule has 0 saturated carbocycles. The number of anilines is 1. The molecule has 1 N–H and O–H groups in total. The highest BCUT2D eigenvalue weighted by molar-refractivity contribution is 6.35. The van der Waals surface area contributed by atoms with Gasteiger partial charge in [0.05, 0.1) is 5.52 Å². The lowest BCUT2D eigenvalue weighted by Gasteiger charge is -2.09. The maximum atomic E-state index is 13.2. The van der Waals surface area contributed by atoms with Gasteiger partial charge in [-0.2, -0.15) is 0 Å². The number of hydrogen-bond donors (Lipinski definition) is 1. The topological polar surface area (TPSA) is 37.8 Å². The van der Waals surface area contributed by atoms with Crippen LogP contribution in [0.2, 0.25) is 10.0 Å². The van der Waals surface area contributed by atoms with Crippen LogP contribution in [0.4, 0.5) is 10.2 Å². The van der Waals surface area contributed by atoms with E-state index in [-0.39, 0.29) is 5.82 Å². The maximum absolute atomic E-state index is 13.2. The van der Waals surface area contributed by atoms with Gasteiger partial charge in [-0.05, 0) is 29.8 Å². The van der Waals surface area contributed by atoms with E-state index >= 15 is 0 Å². The SMILES string of the molecule is Fc1ccc2c(NCc3ccc(Cl)cc3Cl)ncnc2c1. The molecule has 0 bridgehead atoms. The third-order valence-electron chi connectivity index (χ3n) is 3.06. The van der Waals surface area contributed by atoms with Crippen molar-refractivity contribution in [3.05, 3.63) is 64.2 Å². The molecule has 3 rings (SSSR count). The minimum Gasteiger partial charge on any atom is -0.365 e. The number of rotatable bonds is 3. The van der Waals surface area contributed by atoms with Gasteiger partial charge in [0.1, 0.15) is 18.0 Å². The van der Waals surface area contributed by atoms with Crippen LogP contribution in [0, 0.1) is 5.82 Å². The molecule has 2 aromatic carbocycles. The van der Waals surface area contributed by atoms with E-state index in [0.717, 1.165) is 10.9 Å². The molecule has 3 nitrogen and oxygen atoms in total. The molecule has 0 aliphatic rings. The summed E-state index contributed by atoms with van der Waals surface area (Å²) >= 11 is 12.0. The lowest BCUT2D eigenvalue weighted by atomic mass is 10.2. The van der Waals surface area contributed by atoms with Crippen LogP contribution >= 0.6 is 23.2 Å². The van der Waals surface area contributed by atoms with Gasteiger partial charge in [0.25, 0.3) is 0 Å². The van der Waals surface area contributed by atoms with Gasteiger partial charge < -0.3 is 5.32 Å². The molecule has 6 heteroatoms. The van der Waals surface area contributed by atoms with Crippen molar-refractivity contribution in [1.82, 2.24) is 9.97 Å². The van der Waals surface area contributed by atoms with Crippen molar-refractivity contribution in [1.29, 1.82) is 0 Å². The molecule has 0 atom stereocenters. The molecule has 106 valence electrons. The molecule has 0 radical (unpaired) electrons. The molecule has 0 aliphatic carbocycles. The summed E-state index contributed by atoms with van der Waals surface area (Å²) in [4.78, 5) is 8.24. The van der Waals surface area contributed by atoms with E-state index in [1.807, 2.05) is 6.07 Å². The predicted octanol–water partition coefficient (Wildman–Crippen LogP) is 4.69. The molecular weight excluding hydrogens is 312 g/mol. The largest absolute Gasteiger partial charge is 0.365 e. The highest BCUT2D eigenvalue weighted by Gasteiger charge is 2.06. The molecule has 0 aliphatic heterocycles. The quantitative estimate of drug-likeness (QED) is 0.760. The van der Waals surface area contributed by atoms with E-state index < -0.39 is 0 Å². The van der Waals surface area contributed by atoms with Crippen molar-refractivity contribution in [2.24, 2.45) is 0 Å². The minimum atomic E-state index is -0.326. The van der Waals surface area contributed by atoms with Crippen molar-refractivity contribution in [3.8, 4) is 0 Å². The highest BCUT2D eigenvalue weighted by Crippen LogP contribution is 2.24. The normalized spacial score (nSPS) is 10.8. The Hall–Kier alpha value is -1.91. The zero-order chi connectivity index (χ0) is 14.8. The third-order valence-corrected chi connectivity index (χ3v) is 3.65. The van der Waals surface area contributed by atoms with Crippen LogP contribution in [0.1, 0.15) is 5.56 Å². The molecule has 0 saturated heterocycles. The number of aromatic nitrogens is 2. The standard InChI is InChI=1S/C15H10Cl2FN3/c16-10-2-1-9(13(17)5-10)7-19-15-12-4-3-11(18)6-14(12)20-8-21-15/h1-6,8H,7H2,(H,19,20,21). The van der Waals surface area contributed by atoms with Crippen LogP contribution < -0.4 is 5.32 Å². The highest BCUT2D eigenvalue weighted by atomic mass is 35.5. The summed E-state index contributed by atoms with van der Waals surface area (Å²) in [5.74, 6) is 0.305. The zero-order valence-corrected chi connectivity index (χ0v) is 12.3. The van der Waals surface area contributed by atoms with Crippen molar-refractivity contribution in [2.75, 3.05) is 5.32 Å². The first kappa shape index (κ1) is 14.0. The fourth-order valence-corrected chi connectivity index (χ4v) is 2.49. The fourth-order valence-electron chi connectivity index (χ4n) is 2.02. The van der Waals surface area contributed by atoms with Gasteiger partial charge in [0.2, 0.25) is 0 Å². The number of nitrogens with one attached hydrogen (secondary N) is 1. The van der Waals surface area contributed by atoms with E-state index in [1.165, 1.54) is 18.5 Å². The van der Waals surface area contributed by atoms with Gasteiger partial charge in [-0.25, -0.2) is 14.4 Å². The molecule has 0 amide bonds. The average Bonchev–Trinajstić information content (AvgIpc) is 2.46. The Morgan fingerprint density at radius 3 is 2.71 bits per heavy atom. The van der Waals surface area contributed by atoms with E-state index in [4.69, 9.17) is 23.2 Å². The van der Waals surface area contributed by atoms with E-state index in [2.05, 4.69) is 15.3 Å². The number of nitrogens with zero attached hydrogens (tertiary/aromatic N) is 2. The smallest absolute Gasteiger partial charge is 0.137 e. The van der Waals surface area contributed by atoms with Crippen LogP contribution in [0.3, 0.4) is 0 Å². The first-order valence-electron chi connectivity index (χ1n) is 6.21. The van der Waals surface area contributed by atoms with Crippen molar-refractivity contribution >= 4 is 39.9 Å². The van der Waals surface area contributed by atoms with Crippen molar-refractivity contribution in [3.63, 3.8) is 0 Å². The Kier molecular flexibility index (Phi) is 3.90. The van der Waals surface area contributed by atoms with Gasteiger partial charge in [-0.3, -0.25) is 0 Å². The lowest BCUT2D eigenvalue weighted by molar-refractivity contribution is 0.629. The van der Waals surface area contributed by atoms with Gasteiger partial charge in [-0.1, -0.05) is 29.3 Å². The monoisotopic (exact) mass is 321 g/mol. The Bertz CT molecular complexity index is 808. The lowest BCUT2D eigenvalue weighted by Crippen LogP contribution is -2.03. The van der Waals surface area contributed by atoms with E-state index in [0.29, 0.717) is 27.9 Å². The molecule has 3 aromatic rings. The molecule has 0 unspecified atom stereocenters. The first-order chi connectivity index (χ1) is 10.1. The Morgan fingerprint density at radius 1 is 1.05 bits per heavy atom. The van der Waals surface area contributed by atoms with Crippen LogP contribution in [0.5, 0.6) is 0 Å². The summed E-state index contributed by atoms with van der Waals surface area (Å²) in [6.45, 7) is 0.486. The Balaban J connectivity index is 1.88. The summed E-state index contributed by atoms with van der Waals surface area (Å²) in [6.07, 6.45) is 1.40. The summed E-state index contributed by atoms with van der Waals surface area (Å²) < 4.78 is 13.2. The summed E-state index contributed by atoms with van der Waals surface area (Å²) in [6, 6.07) is 9.71. The van der Waals surface area contributed by atoms with Gasteiger partial charge in [-0.15, -0.1) is 0 Å². The fraction of sp³-hybridized carbons (Fsp3) is 0.0667. The van der Waals surface area contributed by atoms with E-state index in [1.54, 1.807) is 18.2 Å². The van der Waals surface area contributed by atoms with Crippen molar-refractivity contribution < 1.29 is 4.39 Å². The van der Waals surface area contributed by atoms with Crippen LogP contribution in [0.15, 0.2) is 42.7 Å². The second-order valence-corrected chi connectivity index (χ2v) is 5.32. The molecule has 21 heavy (non-hydrogen) atoms. The number of benzene rings is 2. The second kappa shape index (κ2) is 5.84. The molecule has 0 fully saturated rings. The molecule has 1 heterocycles. The Labute approximate surface area is 130 Å². The van der Waals surface area contributed by atoms with Crippen molar-refractivity contribution in [2.45, 2.75) is 6.54 Å². The van der Waals surface area contributed by atoms with Crippen LogP contribution in [-0.4, -0.2) is 9.97 Å². The summed E-state index contributed by atoms with van der Waals surface area (Å²) in [5.41, 5.74) is 1.45. The Morgan fingerprint density at radius 2 is 1.90 bits per heavy atom. The van der Waals surface area contributed by atoms with Gasteiger partial charge in [0.15, 0.2) is 0 Å². The van der Waals surface area contributed by atoms with Crippen LogP contribution in [0.25, 0.3) is 10.9 Å². The first-order valence-corrected chi connectivity index (χ1v) is 6.97. The van der Waals surface area contributed by atoms with Crippen LogP contribution in [-0.2, 0) is 6.54 Å². The predicted molar refractivity (Wildman–Crippen MR) is 83.3 cm³/mol. The summed E-state index contributed by atoms with van der Waals surface area (Å²) in [7, 11) is 0. The maximum Gasteiger partial charge on any atom is 0.137 e. The average molecular weight is 322 g/mol. The summed E-state index contributed by atoms with van der Waals surface area (Å²) in [5, 5.41) is 5.11.